The van der Waals surface area contributed by atoms with Crippen molar-refractivity contribution in [1.29, 1.82) is 0 Å². The zero-order valence-electron chi connectivity index (χ0n) is 19.3. The fraction of sp³-hybridized carbons (Fsp3) is 0.346. The van der Waals surface area contributed by atoms with Crippen LogP contribution in [0.2, 0.25) is 0 Å². The first-order valence-electron chi connectivity index (χ1n) is 11.3. The molecule has 2 N–H and O–H groups in total. The number of fused-ring (bicyclic) bond motifs is 1. The maximum Gasteiger partial charge on any atom is 0.410 e. The Morgan fingerprint density at radius 2 is 1.76 bits per heavy atom. The van der Waals surface area contributed by atoms with Crippen molar-refractivity contribution in [3.8, 4) is 0 Å². The highest BCUT2D eigenvalue weighted by atomic mass is 16.6. The number of hydrogen-bond donors (Lipinski definition) is 2. The zero-order chi connectivity index (χ0) is 23.4. The van der Waals surface area contributed by atoms with Crippen molar-refractivity contribution in [2.24, 2.45) is 0 Å². The molecule has 0 saturated carbocycles. The first-order valence-corrected chi connectivity index (χ1v) is 11.3. The van der Waals surface area contributed by atoms with Gasteiger partial charge in [0, 0.05) is 42.1 Å². The van der Waals surface area contributed by atoms with Gasteiger partial charge in [0.15, 0.2) is 0 Å². The number of amides is 2. The molecule has 7 heteroatoms. The van der Waals surface area contributed by atoms with Crippen LogP contribution in [0.5, 0.6) is 0 Å². The minimum atomic E-state index is -0.493. The molecule has 1 aromatic heterocycles. The molecule has 0 radical (unpaired) electrons. The van der Waals surface area contributed by atoms with Crippen LogP contribution in [-0.4, -0.2) is 46.6 Å². The molecule has 1 aliphatic rings. The molecular formula is C26H30N4O3. The summed E-state index contributed by atoms with van der Waals surface area (Å²) in [5, 5.41) is 7.40. The van der Waals surface area contributed by atoms with Crippen LogP contribution < -0.4 is 10.6 Å². The van der Waals surface area contributed by atoms with Crippen molar-refractivity contribution >= 4 is 34.3 Å². The molecule has 0 bridgehead atoms. The van der Waals surface area contributed by atoms with E-state index in [0.717, 1.165) is 35.1 Å². The molecule has 7 nitrogen and oxygen atoms in total. The highest BCUT2D eigenvalue weighted by molar-refractivity contribution is 6.07. The number of hydrogen-bond acceptors (Lipinski definition) is 5. The lowest BCUT2D eigenvalue weighted by Gasteiger charge is -2.34. The second-order valence-corrected chi connectivity index (χ2v) is 9.30. The molecule has 0 atom stereocenters. The van der Waals surface area contributed by atoms with Gasteiger partial charge in [0.05, 0.1) is 11.1 Å². The second kappa shape index (κ2) is 9.48. The Kier molecular flexibility index (Phi) is 6.49. The highest BCUT2D eigenvalue weighted by Crippen LogP contribution is 2.26. The number of ether oxygens (including phenoxy) is 1. The van der Waals surface area contributed by atoms with Crippen molar-refractivity contribution in [1.82, 2.24) is 9.88 Å². The van der Waals surface area contributed by atoms with E-state index < -0.39 is 5.60 Å². The highest BCUT2D eigenvalue weighted by Gasteiger charge is 2.27. The predicted molar refractivity (Wildman–Crippen MR) is 131 cm³/mol. The molecule has 2 aromatic carbocycles. The summed E-state index contributed by atoms with van der Waals surface area (Å²) in [5.41, 5.74) is 2.51. The van der Waals surface area contributed by atoms with E-state index in [1.165, 1.54) is 0 Å². The zero-order valence-corrected chi connectivity index (χ0v) is 19.3. The fourth-order valence-corrected chi connectivity index (χ4v) is 3.88. The SMILES string of the molecule is CC(C)(C)OC(=O)N1CCC(Nc2cccc3ncc(C(=O)Nc4ccccc4)cc23)CC1. The van der Waals surface area contributed by atoms with E-state index >= 15 is 0 Å². The van der Waals surface area contributed by atoms with Crippen molar-refractivity contribution in [3.63, 3.8) is 0 Å². The van der Waals surface area contributed by atoms with Crippen LogP contribution in [0.4, 0.5) is 16.2 Å². The van der Waals surface area contributed by atoms with Crippen molar-refractivity contribution in [2.75, 3.05) is 23.7 Å². The third-order valence-electron chi connectivity index (χ3n) is 5.53. The quantitative estimate of drug-likeness (QED) is 0.568. The molecule has 3 aromatic rings. The van der Waals surface area contributed by atoms with E-state index in [-0.39, 0.29) is 18.0 Å². The maximum atomic E-state index is 12.7. The number of nitrogens with one attached hydrogen (secondary N) is 2. The number of carbonyl (C=O) groups excluding carboxylic acids is 2. The van der Waals surface area contributed by atoms with Gasteiger partial charge >= 0.3 is 6.09 Å². The van der Waals surface area contributed by atoms with Crippen LogP contribution in [0.15, 0.2) is 60.8 Å². The number of pyridine rings is 1. The van der Waals surface area contributed by atoms with Gasteiger partial charge in [-0.15, -0.1) is 0 Å². The largest absolute Gasteiger partial charge is 0.444 e. The smallest absolute Gasteiger partial charge is 0.410 e. The van der Waals surface area contributed by atoms with Crippen LogP contribution in [0.25, 0.3) is 10.9 Å². The first-order chi connectivity index (χ1) is 15.8. The monoisotopic (exact) mass is 446 g/mol. The van der Waals surface area contributed by atoms with E-state index in [4.69, 9.17) is 4.74 Å². The molecule has 172 valence electrons. The Hall–Kier alpha value is -3.61. The van der Waals surface area contributed by atoms with Gasteiger partial charge in [-0.2, -0.15) is 0 Å². The van der Waals surface area contributed by atoms with Gasteiger partial charge in [0.25, 0.3) is 5.91 Å². The molecule has 0 aliphatic carbocycles. The normalized spacial score (nSPS) is 14.7. The fourth-order valence-electron chi connectivity index (χ4n) is 3.88. The Balaban J connectivity index is 1.44. The van der Waals surface area contributed by atoms with E-state index in [0.29, 0.717) is 18.7 Å². The number of carbonyl (C=O) groups is 2. The summed E-state index contributed by atoms with van der Waals surface area (Å²) in [7, 11) is 0. The van der Waals surface area contributed by atoms with Gasteiger partial charge in [-0.25, -0.2) is 4.79 Å². The van der Waals surface area contributed by atoms with Gasteiger partial charge in [0.1, 0.15) is 5.60 Å². The summed E-state index contributed by atoms with van der Waals surface area (Å²) < 4.78 is 5.49. The molecule has 2 amide bonds. The minimum absolute atomic E-state index is 0.198. The number of rotatable bonds is 4. The molecule has 1 aliphatic heterocycles. The molecule has 1 saturated heterocycles. The van der Waals surface area contributed by atoms with Gasteiger partial charge < -0.3 is 20.3 Å². The van der Waals surface area contributed by atoms with Gasteiger partial charge in [-0.1, -0.05) is 24.3 Å². The molecule has 4 rings (SSSR count). The number of nitrogens with zero attached hydrogens (tertiary/aromatic N) is 2. The molecule has 0 spiro atoms. The summed E-state index contributed by atoms with van der Waals surface area (Å²) in [4.78, 5) is 31.3. The summed E-state index contributed by atoms with van der Waals surface area (Å²) in [6, 6.07) is 17.4. The minimum Gasteiger partial charge on any atom is -0.444 e. The number of benzene rings is 2. The number of aromatic nitrogens is 1. The van der Waals surface area contributed by atoms with Crippen LogP contribution in [0.1, 0.15) is 44.0 Å². The number of likely N-dealkylation sites (tertiary alicyclic amines) is 1. The summed E-state index contributed by atoms with van der Waals surface area (Å²) in [6.45, 7) is 6.91. The first kappa shape index (κ1) is 22.6. The van der Waals surface area contributed by atoms with E-state index in [1.54, 1.807) is 11.1 Å². The Morgan fingerprint density at radius 3 is 2.45 bits per heavy atom. The molecule has 2 heterocycles. The maximum absolute atomic E-state index is 12.7. The average Bonchev–Trinajstić information content (AvgIpc) is 2.79. The van der Waals surface area contributed by atoms with Crippen LogP contribution >= 0.6 is 0 Å². The molecule has 0 unspecified atom stereocenters. The average molecular weight is 447 g/mol. The van der Waals surface area contributed by atoms with Crippen LogP contribution in [0.3, 0.4) is 0 Å². The summed E-state index contributed by atoms with van der Waals surface area (Å²) in [5.74, 6) is -0.198. The standard InChI is InChI=1S/C26H30N4O3/c1-26(2,3)33-25(32)30-14-12-20(13-15-30)28-23-11-7-10-22-21(23)16-18(17-27-22)24(31)29-19-8-5-4-6-9-19/h4-11,16-17,20,28H,12-15H2,1-3H3,(H,29,31). The second-order valence-electron chi connectivity index (χ2n) is 9.30. The van der Waals surface area contributed by atoms with E-state index in [2.05, 4.69) is 15.6 Å². The topological polar surface area (TPSA) is 83.6 Å². The summed E-state index contributed by atoms with van der Waals surface area (Å²) in [6.07, 6.45) is 2.97. The summed E-state index contributed by atoms with van der Waals surface area (Å²) >= 11 is 0. The van der Waals surface area contributed by atoms with Gasteiger partial charge in [-0.05, 0) is 63.9 Å². The Morgan fingerprint density at radius 1 is 1.03 bits per heavy atom. The third-order valence-corrected chi connectivity index (χ3v) is 5.53. The lowest BCUT2D eigenvalue weighted by atomic mass is 10.0. The lowest BCUT2D eigenvalue weighted by Crippen LogP contribution is -2.44. The number of piperidine rings is 1. The number of para-hydroxylation sites is 1. The predicted octanol–water partition coefficient (Wildman–Crippen LogP) is 5.30. The van der Waals surface area contributed by atoms with Crippen molar-refractivity contribution < 1.29 is 14.3 Å². The lowest BCUT2D eigenvalue weighted by molar-refractivity contribution is 0.0210. The molecular weight excluding hydrogens is 416 g/mol. The Bertz CT molecular complexity index is 1130. The van der Waals surface area contributed by atoms with E-state index in [1.807, 2.05) is 75.4 Å². The van der Waals surface area contributed by atoms with Crippen molar-refractivity contribution in [2.45, 2.75) is 45.3 Å². The van der Waals surface area contributed by atoms with Gasteiger partial charge in [-0.3, -0.25) is 9.78 Å². The third kappa shape index (κ3) is 5.80. The Labute approximate surface area is 194 Å². The van der Waals surface area contributed by atoms with Gasteiger partial charge in [0.2, 0.25) is 0 Å². The van der Waals surface area contributed by atoms with Crippen LogP contribution in [-0.2, 0) is 4.74 Å². The van der Waals surface area contributed by atoms with Crippen LogP contribution in [0, 0.1) is 0 Å². The number of anilines is 2. The van der Waals surface area contributed by atoms with E-state index in [9.17, 15) is 9.59 Å². The van der Waals surface area contributed by atoms with Crippen molar-refractivity contribution in [3.05, 3.63) is 66.4 Å². The molecule has 33 heavy (non-hydrogen) atoms. The molecule has 1 fully saturated rings.